The van der Waals surface area contributed by atoms with Crippen LogP contribution in [0.5, 0.6) is 0 Å². The van der Waals surface area contributed by atoms with Crippen molar-refractivity contribution in [3.63, 3.8) is 0 Å². The fraction of sp³-hybridized carbons (Fsp3) is 0. The summed E-state index contributed by atoms with van der Waals surface area (Å²) in [5, 5.41) is 16.7. The van der Waals surface area contributed by atoms with Crippen molar-refractivity contribution in [2.45, 2.75) is 0 Å². The summed E-state index contributed by atoms with van der Waals surface area (Å²) in [5.41, 5.74) is 0. The molecular weight excluding hydrogens is 193 g/mol. The van der Waals surface area contributed by atoms with E-state index in [9.17, 15) is 0 Å². The molecule has 10 heteroatoms. The van der Waals surface area contributed by atoms with E-state index < -0.39 is 14.0 Å². The molecule has 0 aromatic heterocycles. The van der Waals surface area contributed by atoms with Gasteiger partial charge in [0.1, 0.15) is 0 Å². The summed E-state index contributed by atoms with van der Waals surface area (Å²) in [6.07, 6.45) is -2.33. The van der Waals surface area contributed by atoms with E-state index in [1.807, 2.05) is 0 Å². The summed E-state index contributed by atoms with van der Waals surface area (Å²) in [6.45, 7) is 0. The topological polar surface area (TPSA) is 180 Å². The molecule has 0 radical (unpaired) electrons. The first-order valence-corrected chi connectivity index (χ1v) is 2.91. The van der Waals surface area contributed by atoms with Gasteiger partial charge >= 0.3 is 23.1 Å². The van der Waals surface area contributed by atoms with Gasteiger partial charge in [0, 0.05) is 0 Å². The molecule has 0 saturated heterocycles. The van der Waals surface area contributed by atoms with Gasteiger partial charge in [0.05, 0.1) is 0 Å². The average Bonchev–Trinajstić information content (AvgIpc) is 1.19. The molecule has 0 bridgehead atoms. The van der Waals surface area contributed by atoms with Crippen LogP contribution in [0, 0.1) is 0 Å². The third-order valence-electron chi connectivity index (χ3n) is 0. The predicted molar refractivity (Wildman–Crippen MR) is 29.2 cm³/mol. The van der Waals surface area contributed by atoms with Crippen LogP contribution in [0.1, 0.15) is 0 Å². The van der Waals surface area contributed by atoms with Crippen LogP contribution < -0.4 is 21.3 Å². The number of hydrogen-bond acceptors (Lipinski definition) is 5. The van der Waals surface area contributed by atoms with Gasteiger partial charge in [0.25, 0.3) is 7.82 Å². The molecule has 11 heavy (non-hydrogen) atoms. The number of carbonyl (C=O) groups is 1. The maximum atomic E-state index is 8.77. The van der Waals surface area contributed by atoms with Crippen molar-refractivity contribution in [2.24, 2.45) is 0 Å². The quantitative estimate of drug-likeness (QED) is 0.262. The van der Waals surface area contributed by atoms with Gasteiger partial charge in [-0.2, -0.15) is 0 Å². The zero-order valence-electron chi connectivity index (χ0n) is 5.59. The number of carbonyl (C=O) groups excluding carboxylic acids is 1. The molecule has 0 saturated carbocycles. The van der Waals surface area contributed by atoms with Gasteiger partial charge in [-0.1, -0.05) is 0 Å². The van der Waals surface area contributed by atoms with Crippen molar-refractivity contribution >= 4 is 37.0 Å². The Kier molecular flexibility index (Phi) is 20.6. The Morgan fingerprint density at radius 2 is 1.27 bits per heavy atom. The van der Waals surface area contributed by atoms with Gasteiger partial charge in [-0.3, -0.25) is 4.57 Å². The van der Waals surface area contributed by atoms with Crippen LogP contribution >= 0.6 is 7.82 Å². The van der Waals surface area contributed by atoms with Crippen LogP contribution in [0.15, 0.2) is 0 Å². The molecule has 0 rings (SSSR count). The van der Waals surface area contributed by atoms with Crippen molar-refractivity contribution in [3.8, 4) is 0 Å². The van der Waals surface area contributed by atoms with Crippen LogP contribution in [-0.2, 0) is 4.57 Å². The molecule has 0 aromatic carbocycles. The summed E-state index contributed by atoms with van der Waals surface area (Å²) < 4.78 is 8.77. The molecule has 0 unspecified atom stereocenters. The van der Waals surface area contributed by atoms with Crippen LogP contribution in [0.3, 0.4) is 0 Å². The Hall–Kier alpha value is 0.106. The molecule has 0 heterocycles. The Balaban J connectivity index is -0.0000000383. The molecule has 0 amide bonds. The Labute approximate surface area is 77.8 Å². The van der Waals surface area contributed by atoms with Gasteiger partial charge in [-0.05, 0) is 6.16 Å². The van der Waals surface area contributed by atoms with Crippen molar-refractivity contribution in [1.82, 2.24) is 6.15 Å². The molecule has 0 aromatic rings. The fourth-order valence-corrected chi connectivity index (χ4v) is 0. The minimum absolute atomic E-state index is 0. The molecule has 64 valence electrons. The summed E-state index contributed by atoms with van der Waals surface area (Å²) in [5.74, 6) is 0. The van der Waals surface area contributed by atoms with Crippen molar-refractivity contribution in [3.05, 3.63) is 0 Å². The first kappa shape index (κ1) is 22.5. The van der Waals surface area contributed by atoms with Gasteiger partial charge in [-0.15, -0.1) is 0 Å². The smallest absolute Gasteiger partial charge is 0.756 e. The molecule has 0 spiro atoms. The van der Waals surface area contributed by atoms with E-state index in [0.717, 1.165) is 0 Å². The van der Waals surface area contributed by atoms with Crippen LogP contribution in [-0.4, -0.2) is 39.0 Å². The van der Waals surface area contributed by atoms with Gasteiger partial charge in [0.15, 0.2) is 0 Å². The van der Waals surface area contributed by atoms with E-state index in [1.165, 1.54) is 0 Å². The zero-order chi connectivity index (χ0) is 8.08. The molecule has 0 aliphatic heterocycles. The molecule has 0 atom stereocenters. The van der Waals surface area contributed by atoms with E-state index >= 15 is 0 Å². The largest absolute Gasteiger partial charge is 2.00 e. The first-order chi connectivity index (χ1) is 3.73. The van der Waals surface area contributed by atoms with Gasteiger partial charge in [0.2, 0.25) is 0 Å². The summed E-state index contributed by atoms with van der Waals surface area (Å²) in [4.78, 5) is 31.3. The molecule has 0 aliphatic rings. The van der Waals surface area contributed by atoms with E-state index in [2.05, 4.69) is 0 Å². The number of hydrogen-bond donors (Lipinski definition) is 3. The third kappa shape index (κ3) is 58800. The van der Waals surface area contributed by atoms with E-state index in [4.69, 9.17) is 34.3 Å². The minimum atomic E-state index is -4.89. The van der Waals surface area contributed by atoms with Crippen molar-refractivity contribution in [2.75, 3.05) is 0 Å². The molecule has 6 N–H and O–H groups in total. The Morgan fingerprint density at radius 1 is 1.27 bits per heavy atom. The monoisotopic (exact) mass is 199 g/mol. The summed E-state index contributed by atoms with van der Waals surface area (Å²) >= 11 is 0. The second-order valence-corrected chi connectivity index (χ2v) is 1.72. The second kappa shape index (κ2) is 10.1. The Morgan fingerprint density at radius 3 is 1.27 bits per heavy atom. The predicted octanol–water partition coefficient (Wildman–Crippen LogP) is -4.01. The van der Waals surface area contributed by atoms with Gasteiger partial charge < -0.3 is 35.8 Å². The average molecular weight is 199 g/mol. The van der Waals surface area contributed by atoms with Crippen molar-refractivity contribution in [1.29, 1.82) is 0 Å². The molecular formula is CH6MgNO7P. The fourth-order valence-electron chi connectivity index (χ4n) is 0. The summed E-state index contributed by atoms with van der Waals surface area (Å²) in [7, 11) is -4.89. The van der Waals surface area contributed by atoms with Crippen LogP contribution in [0.4, 0.5) is 4.79 Å². The SMILES string of the molecule is O=C([O-])[O-].O=P([O-])(O)O.[Mg+2].[NH4+]. The van der Waals surface area contributed by atoms with Crippen LogP contribution in [0.2, 0.25) is 0 Å². The van der Waals surface area contributed by atoms with Gasteiger partial charge in [-0.25, -0.2) is 0 Å². The minimum Gasteiger partial charge on any atom is -0.756 e. The van der Waals surface area contributed by atoms with E-state index in [0.29, 0.717) is 0 Å². The number of carboxylic acid groups (broad SMARTS) is 2. The summed E-state index contributed by atoms with van der Waals surface area (Å²) in [6, 6.07) is 0. The zero-order valence-corrected chi connectivity index (χ0v) is 7.90. The number of rotatable bonds is 0. The third-order valence-corrected chi connectivity index (χ3v) is 0. The molecule has 8 nitrogen and oxygen atoms in total. The maximum absolute atomic E-state index is 8.77. The molecule has 0 aliphatic carbocycles. The Bertz CT molecular complexity index is 118. The number of phosphoric acid groups is 1. The normalized spacial score (nSPS) is 7.55. The molecule has 0 fully saturated rings. The number of quaternary nitrogens is 1. The van der Waals surface area contributed by atoms with E-state index in [-0.39, 0.29) is 29.2 Å². The first-order valence-electron chi connectivity index (χ1n) is 1.38. The van der Waals surface area contributed by atoms with Crippen LogP contribution in [0.25, 0.3) is 0 Å². The van der Waals surface area contributed by atoms with Crippen molar-refractivity contribution < 1.29 is 34.3 Å². The second-order valence-electron chi connectivity index (χ2n) is 0.741. The maximum Gasteiger partial charge on any atom is 2.00 e. The standard InChI is InChI=1S/CH2O3.Mg.H3N.H3O4P/c2-1(3)4;;;1-5(2,3)4/h(H2,2,3,4);;1H3;(H3,1,2,3,4)/q;+2;;/p-2. The van der Waals surface area contributed by atoms with E-state index in [1.54, 1.807) is 0 Å².